The lowest BCUT2D eigenvalue weighted by molar-refractivity contribution is -0.384. The van der Waals surface area contributed by atoms with Crippen molar-refractivity contribution in [1.29, 1.82) is 0 Å². The average Bonchev–Trinajstić information content (AvgIpc) is 2.71. The minimum atomic E-state index is -0.692. The standard InChI is InChI=1S/C14H15N3O5/c1-3-8(2)15-12(18)7-16-13(19)10-5-4-9(17(21)22)6-11(10)14(16)20/h4-6,8H,3,7H2,1-2H3,(H,15,18)/t8-/m1/s1. The summed E-state index contributed by atoms with van der Waals surface area (Å²) in [4.78, 5) is 47.0. The van der Waals surface area contributed by atoms with Gasteiger partial charge in [0.2, 0.25) is 5.91 Å². The molecule has 8 nitrogen and oxygen atoms in total. The van der Waals surface area contributed by atoms with Crippen molar-refractivity contribution in [1.82, 2.24) is 10.2 Å². The molecule has 0 saturated heterocycles. The molecule has 0 aliphatic carbocycles. The van der Waals surface area contributed by atoms with Gasteiger partial charge in [0.15, 0.2) is 0 Å². The number of amides is 3. The van der Waals surface area contributed by atoms with Gasteiger partial charge in [-0.25, -0.2) is 0 Å². The van der Waals surface area contributed by atoms with E-state index in [1.807, 2.05) is 13.8 Å². The van der Waals surface area contributed by atoms with Crippen molar-refractivity contribution in [3.8, 4) is 0 Å². The van der Waals surface area contributed by atoms with E-state index < -0.39 is 29.2 Å². The molecule has 0 radical (unpaired) electrons. The van der Waals surface area contributed by atoms with Crippen LogP contribution in [0.1, 0.15) is 41.0 Å². The van der Waals surface area contributed by atoms with Gasteiger partial charge >= 0.3 is 0 Å². The van der Waals surface area contributed by atoms with Crippen molar-refractivity contribution < 1.29 is 19.3 Å². The molecule has 1 aliphatic rings. The molecule has 1 aromatic rings. The first kappa shape index (κ1) is 15.6. The molecule has 22 heavy (non-hydrogen) atoms. The maximum Gasteiger partial charge on any atom is 0.270 e. The predicted octanol–water partition coefficient (Wildman–Crippen LogP) is 1.11. The van der Waals surface area contributed by atoms with Gasteiger partial charge in [-0.3, -0.25) is 29.4 Å². The minimum Gasteiger partial charge on any atom is -0.352 e. The average molecular weight is 305 g/mol. The number of non-ortho nitro benzene ring substituents is 1. The van der Waals surface area contributed by atoms with Crippen molar-refractivity contribution >= 4 is 23.4 Å². The third-order valence-electron chi connectivity index (χ3n) is 3.49. The summed E-state index contributed by atoms with van der Waals surface area (Å²) in [5.41, 5.74) is -0.242. The summed E-state index contributed by atoms with van der Waals surface area (Å²) in [6.07, 6.45) is 0.722. The summed E-state index contributed by atoms with van der Waals surface area (Å²) in [6, 6.07) is 3.39. The van der Waals surface area contributed by atoms with Crippen LogP contribution in [0.15, 0.2) is 18.2 Å². The van der Waals surface area contributed by atoms with Crippen LogP contribution in [0.2, 0.25) is 0 Å². The Hall–Kier alpha value is -2.77. The van der Waals surface area contributed by atoms with Gasteiger partial charge < -0.3 is 5.32 Å². The highest BCUT2D eigenvalue weighted by atomic mass is 16.6. The molecule has 3 amide bonds. The van der Waals surface area contributed by atoms with Crippen LogP contribution in [0.25, 0.3) is 0 Å². The number of hydrogen-bond acceptors (Lipinski definition) is 5. The molecule has 1 heterocycles. The Morgan fingerprint density at radius 1 is 1.32 bits per heavy atom. The van der Waals surface area contributed by atoms with Crippen molar-refractivity contribution in [3.63, 3.8) is 0 Å². The molecule has 0 fully saturated rings. The van der Waals surface area contributed by atoms with Crippen molar-refractivity contribution in [2.24, 2.45) is 0 Å². The van der Waals surface area contributed by atoms with Crippen LogP contribution in [0.4, 0.5) is 5.69 Å². The molecule has 1 aromatic carbocycles. The lowest BCUT2D eigenvalue weighted by Gasteiger charge is -2.16. The molecule has 116 valence electrons. The van der Waals surface area contributed by atoms with E-state index in [2.05, 4.69) is 5.32 Å². The first-order chi connectivity index (χ1) is 10.3. The van der Waals surface area contributed by atoms with Gasteiger partial charge in [-0.2, -0.15) is 0 Å². The topological polar surface area (TPSA) is 110 Å². The molecule has 2 rings (SSSR count). The summed E-state index contributed by atoms with van der Waals surface area (Å²) in [7, 11) is 0. The molecule has 1 aliphatic heterocycles. The van der Waals surface area contributed by atoms with E-state index in [1.165, 1.54) is 6.07 Å². The third kappa shape index (κ3) is 2.80. The van der Waals surface area contributed by atoms with E-state index in [9.17, 15) is 24.5 Å². The molecule has 0 saturated carbocycles. The van der Waals surface area contributed by atoms with Crippen LogP contribution in [-0.2, 0) is 4.79 Å². The van der Waals surface area contributed by atoms with Crippen LogP contribution in [0.5, 0.6) is 0 Å². The Bertz CT molecular complexity index is 670. The third-order valence-corrected chi connectivity index (χ3v) is 3.49. The van der Waals surface area contributed by atoms with E-state index in [4.69, 9.17) is 0 Å². The summed E-state index contributed by atoms with van der Waals surface area (Å²) in [6.45, 7) is 3.31. The van der Waals surface area contributed by atoms with Crippen molar-refractivity contribution in [3.05, 3.63) is 39.4 Å². The van der Waals surface area contributed by atoms with Gasteiger partial charge in [-0.1, -0.05) is 6.92 Å². The van der Waals surface area contributed by atoms with Gasteiger partial charge in [-0.15, -0.1) is 0 Å². The number of benzene rings is 1. The lowest BCUT2D eigenvalue weighted by atomic mass is 10.1. The van der Waals surface area contributed by atoms with Crippen LogP contribution < -0.4 is 5.32 Å². The fourth-order valence-corrected chi connectivity index (χ4v) is 2.10. The van der Waals surface area contributed by atoms with E-state index >= 15 is 0 Å². The van der Waals surface area contributed by atoms with Crippen LogP contribution in [0, 0.1) is 10.1 Å². The lowest BCUT2D eigenvalue weighted by Crippen LogP contribution is -2.43. The number of carbonyl (C=O) groups is 3. The second-order valence-corrected chi connectivity index (χ2v) is 5.06. The van der Waals surface area contributed by atoms with Gasteiger partial charge in [0.25, 0.3) is 17.5 Å². The number of rotatable bonds is 5. The monoisotopic (exact) mass is 305 g/mol. The number of nitrogens with zero attached hydrogens (tertiary/aromatic N) is 2. The molecule has 1 atom stereocenters. The Labute approximate surface area is 126 Å². The second-order valence-electron chi connectivity index (χ2n) is 5.06. The highest BCUT2D eigenvalue weighted by molar-refractivity contribution is 6.22. The Morgan fingerprint density at radius 3 is 2.55 bits per heavy atom. The SMILES string of the molecule is CC[C@@H](C)NC(=O)CN1C(=O)c2ccc([N+](=O)[O-])cc2C1=O. The molecule has 0 aromatic heterocycles. The van der Waals surface area contributed by atoms with Crippen LogP contribution in [-0.4, -0.2) is 40.1 Å². The smallest absolute Gasteiger partial charge is 0.270 e. The number of nitrogens with one attached hydrogen (secondary N) is 1. The number of carbonyl (C=O) groups excluding carboxylic acids is 3. The van der Waals surface area contributed by atoms with Crippen molar-refractivity contribution in [2.45, 2.75) is 26.3 Å². The molecular formula is C14H15N3O5. The minimum absolute atomic E-state index is 0.0458. The summed E-state index contributed by atoms with van der Waals surface area (Å²) in [5, 5.41) is 13.4. The zero-order chi connectivity index (χ0) is 16.4. The molecule has 0 bridgehead atoms. The van der Waals surface area contributed by atoms with Gasteiger partial charge in [0.05, 0.1) is 16.1 Å². The van der Waals surface area contributed by atoms with Gasteiger partial charge in [0, 0.05) is 18.2 Å². The highest BCUT2D eigenvalue weighted by Crippen LogP contribution is 2.26. The van der Waals surface area contributed by atoms with Crippen LogP contribution >= 0.6 is 0 Å². The zero-order valence-electron chi connectivity index (χ0n) is 12.2. The molecule has 8 heteroatoms. The van der Waals surface area contributed by atoms with E-state index in [0.29, 0.717) is 0 Å². The van der Waals surface area contributed by atoms with E-state index in [1.54, 1.807) is 0 Å². The first-order valence-electron chi connectivity index (χ1n) is 6.79. The quantitative estimate of drug-likeness (QED) is 0.497. The summed E-state index contributed by atoms with van der Waals surface area (Å²) < 4.78 is 0. The Kier molecular flexibility index (Phi) is 4.20. The van der Waals surface area contributed by atoms with Gasteiger partial charge in [0.1, 0.15) is 6.54 Å². The molecular weight excluding hydrogens is 290 g/mol. The molecule has 1 N–H and O–H groups in total. The molecule has 0 spiro atoms. The second kappa shape index (κ2) is 5.92. The fourth-order valence-electron chi connectivity index (χ4n) is 2.10. The van der Waals surface area contributed by atoms with E-state index in [-0.39, 0.29) is 22.9 Å². The summed E-state index contributed by atoms with van der Waals surface area (Å²) in [5.74, 6) is -1.75. The maximum atomic E-state index is 12.2. The first-order valence-corrected chi connectivity index (χ1v) is 6.79. The predicted molar refractivity (Wildman–Crippen MR) is 76.4 cm³/mol. The number of fused-ring (bicyclic) bond motifs is 1. The number of hydrogen-bond donors (Lipinski definition) is 1. The number of imide groups is 1. The number of nitro groups is 1. The summed E-state index contributed by atoms with van der Waals surface area (Å²) >= 11 is 0. The van der Waals surface area contributed by atoms with Crippen LogP contribution in [0.3, 0.4) is 0 Å². The Morgan fingerprint density at radius 2 is 1.95 bits per heavy atom. The normalized spacial score (nSPS) is 14.7. The molecule has 0 unspecified atom stereocenters. The largest absolute Gasteiger partial charge is 0.352 e. The van der Waals surface area contributed by atoms with Gasteiger partial charge in [-0.05, 0) is 19.4 Å². The maximum absolute atomic E-state index is 12.2. The number of nitro benzene ring substituents is 1. The zero-order valence-corrected chi connectivity index (χ0v) is 12.2. The van der Waals surface area contributed by atoms with E-state index in [0.717, 1.165) is 23.5 Å². The highest BCUT2D eigenvalue weighted by Gasteiger charge is 2.37. The fraction of sp³-hybridized carbons (Fsp3) is 0.357. The van der Waals surface area contributed by atoms with Crippen molar-refractivity contribution in [2.75, 3.05) is 6.54 Å². The Balaban J connectivity index is 2.20.